The van der Waals surface area contributed by atoms with Gasteiger partial charge in [-0.15, -0.1) is 0 Å². The Morgan fingerprint density at radius 3 is 1.88 bits per heavy atom. The molecule has 0 atom stereocenters. The molecule has 0 radical (unpaired) electrons. The average Bonchev–Trinajstić information content (AvgIpc) is 3.54. The fourth-order valence-corrected chi connectivity index (χ4v) is 6.23. The molecule has 6 aromatic carbocycles. The second-order valence-electron chi connectivity index (χ2n) is 10.1. The molecule has 186 valence electrons. The molecule has 0 aliphatic rings. The summed E-state index contributed by atoms with van der Waals surface area (Å²) in [6.45, 7) is 0. The highest BCUT2D eigenvalue weighted by Crippen LogP contribution is 2.42. The standard InChI is InChI=1S/C37H23N3/c38-24-27-20-19-26(25-11-3-1-4-12-25)23-35(27)40-33-18-10-8-16-31(33)36-34(40)22-21-30-29-15-7-9-17-32(29)39(37(30)36)28-13-5-2-6-14-28/h1-23H. The summed E-state index contributed by atoms with van der Waals surface area (Å²) >= 11 is 0. The molecule has 2 heterocycles. The minimum absolute atomic E-state index is 0.644. The van der Waals surface area contributed by atoms with E-state index in [0.717, 1.165) is 38.9 Å². The van der Waals surface area contributed by atoms with Crippen LogP contribution in [0.1, 0.15) is 5.56 Å². The number of para-hydroxylation sites is 3. The Bertz CT molecular complexity index is 2260. The third-order valence-electron chi connectivity index (χ3n) is 7.95. The van der Waals surface area contributed by atoms with Gasteiger partial charge in [0.2, 0.25) is 0 Å². The molecule has 0 bridgehead atoms. The summed E-state index contributed by atoms with van der Waals surface area (Å²) < 4.78 is 4.65. The molecule has 0 spiro atoms. The normalized spacial score (nSPS) is 11.5. The summed E-state index contributed by atoms with van der Waals surface area (Å²) in [7, 11) is 0. The number of rotatable bonds is 3. The van der Waals surface area contributed by atoms with Crippen molar-refractivity contribution in [2.75, 3.05) is 0 Å². The van der Waals surface area contributed by atoms with E-state index in [1.807, 2.05) is 30.3 Å². The van der Waals surface area contributed by atoms with Crippen molar-refractivity contribution in [3.05, 3.63) is 145 Å². The molecule has 0 saturated heterocycles. The van der Waals surface area contributed by atoms with Crippen LogP contribution >= 0.6 is 0 Å². The van der Waals surface area contributed by atoms with Crippen LogP contribution in [0.5, 0.6) is 0 Å². The van der Waals surface area contributed by atoms with Crippen molar-refractivity contribution in [2.24, 2.45) is 0 Å². The van der Waals surface area contributed by atoms with E-state index in [1.165, 1.54) is 27.2 Å². The van der Waals surface area contributed by atoms with Gasteiger partial charge in [0.25, 0.3) is 0 Å². The Morgan fingerprint density at radius 2 is 1.12 bits per heavy atom. The van der Waals surface area contributed by atoms with Crippen LogP contribution in [0.15, 0.2) is 140 Å². The van der Waals surface area contributed by atoms with Gasteiger partial charge < -0.3 is 9.13 Å². The van der Waals surface area contributed by atoms with E-state index in [0.29, 0.717) is 5.56 Å². The highest BCUT2D eigenvalue weighted by Gasteiger charge is 2.21. The van der Waals surface area contributed by atoms with Crippen LogP contribution in [0.3, 0.4) is 0 Å². The van der Waals surface area contributed by atoms with Gasteiger partial charge in [0, 0.05) is 27.2 Å². The zero-order valence-corrected chi connectivity index (χ0v) is 21.6. The van der Waals surface area contributed by atoms with E-state index >= 15 is 0 Å². The van der Waals surface area contributed by atoms with Gasteiger partial charge in [-0.05, 0) is 53.6 Å². The number of hydrogen-bond donors (Lipinski definition) is 0. The van der Waals surface area contributed by atoms with Crippen molar-refractivity contribution in [1.29, 1.82) is 5.26 Å². The summed E-state index contributed by atoms with van der Waals surface area (Å²) in [5, 5.41) is 15.0. The fourth-order valence-electron chi connectivity index (χ4n) is 6.23. The van der Waals surface area contributed by atoms with Crippen LogP contribution < -0.4 is 0 Å². The minimum Gasteiger partial charge on any atom is -0.309 e. The van der Waals surface area contributed by atoms with Gasteiger partial charge in [-0.25, -0.2) is 0 Å². The lowest BCUT2D eigenvalue weighted by atomic mass is 10.0. The van der Waals surface area contributed by atoms with E-state index in [-0.39, 0.29) is 0 Å². The first-order chi connectivity index (χ1) is 19.8. The summed E-state index contributed by atoms with van der Waals surface area (Å²) in [5.74, 6) is 0. The smallest absolute Gasteiger partial charge is 0.101 e. The number of benzene rings is 6. The maximum Gasteiger partial charge on any atom is 0.101 e. The molecule has 0 N–H and O–H groups in total. The Balaban J connectivity index is 1.56. The molecule has 0 saturated carbocycles. The lowest BCUT2D eigenvalue weighted by Crippen LogP contribution is -1.98. The third-order valence-corrected chi connectivity index (χ3v) is 7.95. The van der Waals surface area contributed by atoms with Gasteiger partial charge in [0.05, 0.1) is 33.3 Å². The number of nitriles is 1. The molecule has 3 heteroatoms. The van der Waals surface area contributed by atoms with Crippen molar-refractivity contribution in [1.82, 2.24) is 9.13 Å². The largest absolute Gasteiger partial charge is 0.309 e. The number of aromatic nitrogens is 2. The van der Waals surface area contributed by atoms with Crippen LogP contribution in [-0.2, 0) is 0 Å². The Hall–Kier alpha value is -5.59. The summed E-state index contributed by atoms with van der Waals surface area (Å²) in [4.78, 5) is 0. The highest BCUT2D eigenvalue weighted by atomic mass is 15.0. The summed E-state index contributed by atoms with van der Waals surface area (Å²) in [6.07, 6.45) is 0. The first-order valence-corrected chi connectivity index (χ1v) is 13.4. The second-order valence-corrected chi connectivity index (χ2v) is 10.1. The van der Waals surface area contributed by atoms with Crippen LogP contribution in [0.25, 0.3) is 66.1 Å². The average molecular weight is 510 g/mol. The number of fused-ring (bicyclic) bond motifs is 7. The van der Waals surface area contributed by atoms with Crippen molar-refractivity contribution in [3.8, 4) is 28.6 Å². The predicted octanol–water partition coefficient (Wildman–Crippen LogP) is 9.42. The van der Waals surface area contributed by atoms with Crippen molar-refractivity contribution < 1.29 is 0 Å². The molecule has 0 amide bonds. The van der Waals surface area contributed by atoms with Crippen molar-refractivity contribution in [3.63, 3.8) is 0 Å². The topological polar surface area (TPSA) is 33.6 Å². The van der Waals surface area contributed by atoms with Gasteiger partial charge in [-0.2, -0.15) is 5.26 Å². The molecule has 0 fully saturated rings. The SMILES string of the molecule is N#Cc1ccc(-c2ccccc2)cc1-n1c2ccccc2c2c1ccc1c3ccccc3n(-c3ccccc3)c12. The maximum atomic E-state index is 10.2. The molecule has 0 unspecified atom stereocenters. The van der Waals surface area contributed by atoms with E-state index < -0.39 is 0 Å². The lowest BCUT2D eigenvalue weighted by molar-refractivity contribution is 1.16. The van der Waals surface area contributed by atoms with Crippen molar-refractivity contribution >= 4 is 43.6 Å². The highest BCUT2D eigenvalue weighted by molar-refractivity contribution is 6.26. The summed E-state index contributed by atoms with van der Waals surface area (Å²) in [5.41, 5.74) is 9.38. The van der Waals surface area contributed by atoms with E-state index in [9.17, 15) is 5.26 Å². The Labute approximate surface area is 231 Å². The molecule has 0 aliphatic carbocycles. The first kappa shape index (κ1) is 22.4. The van der Waals surface area contributed by atoms with Crippen LogP contribution in [0, 0.1) is 11.3 Å². The molecule has 8 rings (SSSR count). The molecule has 8 aromatic rings. The van der Waals surface area contributed by atoms with Crippen LogP contribution in [0.4, 0.5) is 0 Å². The molecule has 0 aliphatic heterocycles. The molecular weight excluding hydrogens is 486 g/mol. The number of nitrogens with zero attached hydrogens (tertiary/aromatic N) is 3. The quantitative estimate of drug-likeness (QED) is 0.233. The van der Waals surface area contributed by atoms with Crippen LogP contribution in [-0.4, -0.2) is 9.13 Å². The van der Waals surface area contributed by atoms with E-state index in [2.05, 4.69) is 124 Å². The van der Waals surface area contributed by atoms with Crippen molar-refractivity contribution in [2.45, 2.75) is 0 Å². The minimum atomic E-state index is 0.644. The lowest BCUT2D eigenvalue weighted by Gasteiger charge is -2.13. The predicted molar refractivity (Wildman–Crippen MR) is 165 cm³/mol. The molecular formula is C37H23N3. The van der Waals surface area contributed by atoms with Gasteiger partial charge in [0.1, 0.15) is 6.07 Å². The summed E-state index contributed by atoms with van der Waals surface area (Å²) in [6, 6.07) is 51.1. The van der Waals surface area contributed by atoms with Crippen LogP contribution in [0.2, 0.25) is 0 Å². The zero-order valence-electron chi connectivity index (χ0n) is 21.6. The Morgan fingerprint density at radius 1 is 0.475 bits per heavy atom. The van der Waals surface area contributed by atoms with Gasteiger partial charge in [-0.1, -0.05) is 97.1 Å². The molecule has 40 heavy (non-hydrogen) atoms. The first-order valence-electron chi connectivity index (χ1n) is 13.4. The van der Waals surface area contributed by atoms with E-state index in [1.54, 1.807) is 0 Å². The monoisotopic (exact) mass is 509 g/mol. The van der Waals surface area contributed by atoms with Gasteiger partial charge >= 0.3 is 0 Å². The fraction of sp³-hybridized carbons (Fsp3) is 0. The molecule has 3 nitrogen and oxygen atoms in total. The zero-order chi connectivity index (χ0) is 26.6. The second kappa shape index (κ2) is 8.73. The van der Waals surface area contributed by atoms with E-state index in [4.69, 9.17) is 0 Å². The molecule has 2 aromatic heterocycles. The van der Waals surface area contributed by atoms with Gasteiger partial charge in [-0.3, -0.25) is 0 Å². The maximum absolute atomic E-state index is 10.2. The third kappa shape index (κ3) is 3.17. The number of hydrogen-bond acceptors (Lipinski definition) is 1. The Kier molecular flexibility index (Phi) is 4.89. The van der Waals surface area contributed by atoms with Gasteiger partial charge in [0.15, 0.2) is 0 Å².